The summed E-state index contributed by atoms with van der Waals surface area (Å²) in [5.41, 5.74) is 2.51. The Morgan fingerprint density at radius 2 is 1.90 bits per heavy atom. The van der Waals surface area contributed by atoms with Crippen molar-refractivity contribution in [2.45, 2.75) is 51.2 Å². The van der Waals surface area contributed by atoms with Crippen LogP contribution in [0.1, 0.15) is 51.2 Å². The van der Waals surface area contributed by atoms with Crippen molar-refractivity contribution in [2.24, 2.45) is 0 Å². The molecule has 1 aromatic heterocycles. The fourth-order valence-electron chi connectivity index (χ4n) is 3.78. The van der Waals surface area contributed by atoms with E-state index in [-0.39, 0.29) is 11.6 Å². The molecule has 6 heteroatoms. The minimum Gasteiger partial charge on any atom is -0.455 e. The van der Waals surface area contributed by atoms with Crippen molar-refractivity contribution in [3.05, 3.63) is 57.2 Å². The Balaban J connectivity index is 1.61. The van der Waals surface area contributed by atoms with E-state index in [4.69, 9.17) is 14.4 Å². The fourth-order valence-corrected chi connectivity index (χ4v) is 4.62. The molecule has 0 bridgehead atoms. The number of carbonyl (C=O) groups excluding carboxylic acids is 1. The van der Waals surface area contributed by atoms with Gasteiger partial charge in [0.15, 0.2) is 0 Å². The van der Waals surface area contributed by atoms with Crippen LogP contribution in [0.2, 0.25) is 0 Å². The van der Waals surface area contributed by atoms with Crippen molar-refractivity contribution in [1.29, 1.82) is 5.26 Å². The third kappa shape index (κ3) is 3.91. The Morgan fingerprint density at radius 1 is 1.20 bits per heavy atom. The van der Waals surface area contributed by atoms with Gasteiger partial charge in [0.1, 0.15) is 16.9 Å². The van der Waals surface area contributed by atoms with Gasteiger partial charge in [-0.15, -0.1) is 0 Å². The van der Waals surface area contributed by atoms with E-state index in [9.17, 15) is 4.79 Å². The monoisotopic (exact) mass is 514 g/mol. The number of hydrogen-bond acceptors (Lipinski definition) is 4. The molecule has 1 saturated carbocycles. The predicted octanol–water partition coefficient (Wildman–Crippen LogP) is 6.48. The molecule has 1 amide bonds. The highest BCUT2D eigenvalue weighted by molar-refractivity contribution is 14.1. The number of nitriles is 1. The summed E-state index contributed by atoms with van der Waals surface area (Å²) in [6.45, 7) is 5.59. The zero-order valence-electron chi connectivity index (χ0n) is 17.2. The molecule has 0 saturated heterocycles. The predicted molar refractivity (Wildman–Crippen MR) is 124 cm³/mol. The van der Waals surface area contributed by atoms with E-state index >= 15 is 0 Å². The van der Waals surface area contributed by atoms with Gasteiger partial charge >= 0.3 is 6.09 Å². The summed E-state index contributed by atoms with van der Waals surface area (Å²) in [5.74, 6) is 0.787. The number of fused-ring (bicyclic) bond motifs is 1. The van der Waals surface area contributed by atoms with Crippen LogP contribution < -0.4 is 5.32 Å². The summed E-state index contributed by atoms with van der Waals surface area (Å²) in [4.78, 5) is 12.4. The molecule has 5 nitrogen and oxygen atoms in total. The average Bonchev–Trinajstić information content (AvgIpc) is 2.99. The standard InChI is InChI=1S/C24H23IN2O3/c1-23(2,3)30-22(28)27-24(11-4-12-24)17-8-6-16(7-9-17)21-20(25)18-13-15(14-26)5-10-19(18)29-21/h5-10,13H,4,11-12H2,1-3H3,(H,27,28). The van der Waals surface area contributed by atoms with Gasteiger partial charge in [-0.2, -0.15) is 5.26 Å². The Bertz CT molecular complexity index is 1150. The van der Waals surface area contributed by atoms with E-state index in [1.807, 2.05) is 45.0 Å². The molecular formula is C24H23IN2O3. The molecule has 1 aliphatic carbocycles. The van der Waals surface area contributed by atoms with Crippen molar-refractivity contribution < 1.29 is 13.9 Å². The van der Waals surface area contributed by atoms with Gasteiger partial charge in [-0.3, -0.25) is 0 Å². The highest BCUT2D eigenvalue weighted by Crippen LogP contribution is 2.42. The maximum Gasteiger partial charge on any atom is 0.408 e. The molecule has 2 aromatic carbocycles. The largest absolute Gasteiger partial charge is 0.455 e. The van der Waals surface area contributed by atoms with Crippen LogP contribution in [0.3, 0.4) is 0 Å². The van der Waals surface area contributed by atoms with E-state index in [0.717, 1.165) is 50.7 Å². The lowest BCUT2D eigenvalue weighted by atomic mass is 9.72. The molecule has 3 aromatic rings. The molecule has 0 unspecified atom stereocenters. The average molecular weight is 514 g/mol. The zero-order valence-corrected chi connectivity index (χ0v) is 19.4. The van der Waals surface area contributed by atoms with Gasteiger partial charge < -0.3 is 14.5 Å². The molecule has 1 aliphatic rings. The molecular weight excluding hydrogens is 491 g/mol. The number of amides is 1. The van der Waals surface area contributed by atoms with Crippen molar-refractivity contribution >= 4 is 39.7 Å². The Labute approximate surface area is 189 Å². The highest BCUT2D eigenvalue weighted by Gasteiger charge is 2.41. The summed E-state index contributed by atoms with van der Waals surface area (Å²) >= 11 is 2.27. The summed E-state index contributed by atoms with van der Waals surface area (Å²) in [6.07, 6.45) is 2.47. The molecule has 1 fully saturated rings. The molecule has 0 aliphatic heterocycles. The number of rotatable bonds is 3. The SMILES string of the molecule is CC(C)(C)OC(=O)NC1(c2ccc(-c3oc4ccc(C#N)cc4c3I)cc2)CCC1. The van der Waals surface area contributed by atoms with Crippen LogP contribution in [-0.4, -0.2) is 11.7 Å². The van der Waals surface area contributed by atoms with Gasteiger partial charge in [-0.05, 0) is 86.4 Å². The lowest BCUT2D eigenvalue weighted by molar-refractivity contribution is 0.0377. The maximum atomic E-state index is 12.4. The van der Waals surface area contributed by atoms with Crippen molar-refractivity contribution in [3.8, 4) is 17.4 Å². The molecule has 1 N–H and O–H groups in total. The van der Waals surface area contributed by atoms with Crippen LogP contribution in [0.15, 0.2) is 46.9 Å². The van der Waals surface area contributed by atoms with Gasteiger partial charge in [-0.25, -0.2) is 4.79 Å². The second-order valence-electron chi connectivity index (χ2n) is 8.71. The van der Waals surface area contributed by atoms with E-state index in [1.165, 1.54) is 0 Å². The maximum absolute atomic E-state index is 12.4. The summed E-state index contributed by atoms with van der Waals surface area (Å²) in [6, 6.07) is 15.8. The lowest BCUT2D eigenvalue weighted by Gasteiger charge is -2.43. The second-order valence-corrected chi connectivity index (χ2v) is 9.79. The minimum absolute atomic E-state index is 0.371. The Kier molecular flexibility index (Phi) is 5.27. The Morgan fingerprint density at radius 3 is 2.47 bits per heavy atom. The van der Waals surface area contributed by atoms with E-state index in [1.54, 1.807) is 6.07 Å². The topological polar surface area (TPSA) is 75.3 Å². The smallest absolute Gasteiger partial charge is 0.408 e. The number of furan rings is 1. The normalized spacial score (nSPS) is 15.3. The number of benzene rings is 2. The highest BCUT2D eigenvalue weighted by atomic mass is 127. The molecule has 154 valence electrons. The first-order chi connectivity index (χ1) is 14.2. The number of hydrogen-bond donors (Lipinski definition) is 1. The number of nitrogens with zero attached hydrogens (tertiary/aromatic N) is 1. The third-order valence-corrected chi connectivity index (χ3v) is 6.47. The Hall–Kier alpha value is -2.53. The van der Waals surface area contributed by atoms with Gasteiger partial charge in [0.05, 0.1) is 20.7 Å². The van der Waals surface area contributed by atoms with Gasteiger partial charge in [0.2, 0.25) is 0 Å². The summed E-state index contributed by atoms with van der Waals surface area (Å²) in [5, 5.41) is 13.2. The van der Waals surface area contributed by atoms with Crippen LogP contribution >= 0.6 is 22.6 Å². The molecule has 1 heterocycles. The molecule has 30 heavy (non-hydrogen) atoms. The van der Waals surface area contributed by atoms with E-state index in [2.05, 4.69) is 46.1 Å². The van der Waals surface area contributed by atoms with Crippen molar-refractivity contribution in [2.75, 3.05) is 0 Å². The van der Waals surface area contributed by atoms with Crippen molar-refractivity contribution in [1.82, 2.24) is 5.32 Å². The van der Waals surface area contributed by atoms with Gasteiger partial charge in [-0.1, -0.05) is 24.3 Å². The van der Waals surface area contributed by atoms with E-state index in [0.29, 0.717) is 5.56 Å². The van der Waals surface area contributed by atoms with Crippen LogP contribution in [0.25, 0.3) is 22.3 Å². The number of carbonyl (C=O) groups is 1. The van der Waals surface area contributed by atoms with Crippen LogP contribution in [-0.2, 0) is 10.3 Å². The molecule has 0 atom stereocenters. The first kappa shape index (κ1) is 20.7. The van der Waals surface area contributed by atoms with Crippen LogP contribution in [0, 0.1) is 14.9 Å². The first-order valence-electron chi connectivity index (χ1n) is 9.95. The van der Waals surface area contributed by atoms with Crippen LogP contribution in [0.4, 0.5) is 4.79 Å². The van der Waals surface area contributed by atoms with Gasteiger partial charge in [0.25, 0.3) is 0 Å². The first-order valence-corrected chi connectivity index (χ1v) is 11.0. The van der Waals surface area contributed by atoms with Crippen molar-refractivity contribution in [3.63, 3.8) is 0 Å². The third-order valence-electron chi connectivity index (χ3n) is 5.40. The number of alkyl carbamates (subject to hydrolysis) is 1. The zero-order chi connectivity index (χ0) is 21.5. The van der Waals surface area contributed by atoms with E-state index < -0.39 is 5.60 Å². The number of nitrogens with one attached hydrogen (secondary N) is 1. The number of halogens is 1. The second kappa shape index (κ2) is 7.62. The molecule has 0 radical (unpaired) electrons. The molecule has 4 rings (SSSR count). The fraction of sp³-hybridized carbons (Fsp3) is 0.333. The summed E-state index contributed by atoms with van der Waals surface area (Å²) < 4.78 is 12.5. The summed E-state index contributed by atoms with van der Waals surface area (Å²) in [7, 11) is 0. The quantitative estimate of drug-likeness (QED) is 0.406. The van der Waals surface area contributed by atoms with Gasteiger partial charge in [0, 0.05) is 10.9 Å². The number of ether oxygens (including phenoxy) is 1. The van der Waals surface area contributed by atoms with Crippen LogP contribution in [0.5, 0.6) is 0 Å². The minimum atomic E-state index is -0.526. The molecule has 0 spiro atoms. The lowest BCUT2D eigenvalue weighted by Crippen LogP contribution is -2.52.